The van der Waals surface area contributed by atoms with Crippen molar-refractivity contribution < 1.29 is 9.50 Å². The van der Waals surface area contributed by atoms with Gasteiger partial charge in [0.2, 0.25) is 0 Å². The molecule has 0 radical (unpaired) electrons. The zero-order valence-corrected chi connectivity index (χ0v) is 11.5. The minimum Gasteiger partial charge on any atom is -0.394 e. The van der Waals surface area contributed by atoms with E-state index in [1.54, 1.807) is 6.07 Å². The third-order valence-electron chi connectivity index (χ3n) is 4.02. The Morgan fingerprint density at radius 2 is 2.30 bits per heavy atom. The number of nitrogens with one attached hydrogen (secondary N) is 1. The lowest BCUT2D eigenvalue weighted by atomic mass is 10.1. The van der Waals surface area contributed by atoms with E-state index in [1.165, 1.54) is 6.07 Å². The van der Waals surface area contributed by atoms with Crippen LogP contribution in [-0.4, -0.2) is 43.2 Å². The molecule has 2 heterocycles. The largest absolute Gasteiger partial charge is 0.394 e. The fourth-order valence-corrected chi connectivity index (χ4v) is 3.03. The molecule has 1 fully saturated rings. The van der Waals surface area contributed by atoms with E-state index >= 15 is 0 Å². The zero-order valence-electron chi connectivity index (χ0n) is 11.5. The van der Waals surface area contributed by atoms with Gasteiger partial charge in [0, 0.05) is 19.6 Å². The summed E-state index contributed by atoms with van der Waals surface area (Å²) in [5.41, 5.74) is 1.39. The summed E-state index contributed by atoms with van der Waals surface area (Å²) in [4.78, 5) is 6.53. The molecule has 2 aliphatic rings. The maximum Gasteiger partial charge on any atom is 0.136 e. The zero-order chi connectivity index (χ0) is 13.9. The molecule has 0 amide bonds. The average Bonchev–Trinajstić information content (AvgIpc) is 2.96. The molecule has 108 valence electrons. The van der Waals surface area contributed by atoms with Gasteiger partial charge in [-0.25, -0.2) is 4.39 Å². The first-order chi connectivity index (χ1) is 9.81. The van der Waals surface area contributed by atoms with E-state index < -0.39 is 0 Å². The first-order valence-corrected chi connectivity index (χ1v) is 7.26. The average molecular weight is 277 g/mol. The number of aliphatic hydroxyl groups excluding tert-OH is 1. The van der Waals surface area contributed by atoms with E-state index in [0.29, 0.717) is 11.4 Å². The van der Waals surface area contributed by atoms with Crippen molar-refractivity contribution in [3.8, 4) is 0 Å². The predicted molar refractivity (Wildman–Crippen MR) is 77.9 cm³/mol. The topological polar surface area (TPSA) is 47.9 Å². The summed E-state index contributed by atoms with van der Waals surface area (Å²) in [6.07, 6.45) is 2.96. The van der Waals surface area contributed by atoms with Gasteiger partial charge in [0.15, 0.2) is 0 Å². The summed E-state index contributed by atoms with van der Waals surface area (Å²) in [5.74, 6) is 0.396. The van der Waals surface area contributed by atoms with Gasteiger partial charge in [0.25, 0.3) is 0 Å². The van der Waals surface area contributed by atoms with Crippen LogP contribution in [0, 0.1) is 5.82 Å². The maximum absolute atomic E-state index is 14.3. The molecule has 1 saturated heterocycles. The summed E-state index contributed by atoms with van der Waals surface area (Å²) in [6.45, 7) is 2.53. The third kappa shape index (κ3) is 2.38. The molecule has 3 rings (SSSR count). The molecular formula is C15H20FN3O. The van der Waals surface area contributed by atoms with Gasteiger partial charge in [-0.3, -0.25) is 4.99 Å². The lowest BCUT2D eigenvalue weighted by Crippen LogP contribution is -2.36. The number of amidine groups is 1. The Balaban J connectivity index is 2.02. The van der Waals surface area contributed by atoms with Gasteiger partial charge in [-0.1, -0.05) is 6.07 Å². The van der Waals surface area contributed by atoms with Crippen molar-refractivity contribution in [2.45, 2.75) is 25.3 Å². The number of aliphatic hydroxyl groups is 1. The molecule has 0 bridgehead atoms. The molecule has 0 aromatic heterocycles. The molecule has 0 spiro atoms. The van der Waals surface area contributed by atoms with Crippen LogP contribution < -0.4 is 10.2 Å². The van der Waals surface area contributed by atoms with Crippen LogP contribution in [-0.2, 0) is 0 Å². The van der Waals surface area contributed by atoms with Crippen molar-refractivity contribution in [1.29, 1.82) is 0 Å². The highest BCUT2D eigenvalue weighted by molar-refractivity contribution is 6.04. The highest BCUT2D eigenvalue weighted by atomic mass is 19.1. The van der Waals surface area contributed by atoms with Gasteiger partial charge in [0.1, 0.15) is 11.7 Å². The van der Waals surface area contributed by atoms with Crippen molar-refractivity contribution in [3.05, 3.63) is 29.6 Å². The molecule has 5 heteroatoms. The van der Waals surface area contributed by atoms with Crippen LogP contribution in [0.1, 0.15) is 24.8 Å². The smallest absolute Gasteiger partial charge is 0.136 e. The van der Waals surface area contributed by atoms with Crippen LogP contribution in [0.4, 0.5) is 10.1 Å². The molecule has 20 heavy (non-hydrogen) atoms. The standard InChI is InChI=1S/C15H20FN3O/c16-12-5-1-6-13(19-9-2-4-11(19)10-20)14(12)15-17-7-3-8-18-15/h1,5-6,11,20H,2-4,7-10H2,(H,17,18). The fourth-order valence-electron chi connectivity index (χ4n) is 3.03. The number of halogens is 1. The van der Waals surface area contributed by atoms with Gasteiger partial charge < -0.3 is 15.3 Å². The van der Waals surface area contributed by atoms with Crippen molar-refractivity contribution in [2.24, 2.45) is 4.99 Å². The lowest BCUT2D eigenvalue weighted by Gasteiger charge is -2.29. The number of hydrogen-bond acceptors (Lipinski definition) is 4. The highest BCUT2D eigenvalue weighted by Crippen LogP contribution is 2.30. The minimum atomic E-state index is -0.251. The summed E-state index contributed by atoms with van der Waals surface area (Å²) < 4.78 is 14.3. The van der Waals surface area contributed by atoms with Crippen molar-refractivity contribution in [3.63, 3.8) is 0 Å². The van der Waals surface area contributed by atoms with Crippen molar-refractivity contribution in [2.75, 3.05) is 31.1 Å². The first-order valence-electron chi connectivity index (χ1n) is 7.26. The van der Waals surface area contributed by atoms with E-state index in [0.717, 1.165) is 44.6 Å². The molecule has 1 atom stereocenters. The highest BCUT2D eigenvalue weighted by Gasteiger charge is 2.28. The quantitative estimate of drug-likeness (QED) is 0.881. The van der Waals surface area contributed by atoms with Crippen molar-refractivity contribution >= 4 is 11.5 Å². The SMILES string of the molecule is OCC1CCCN1c1cccc(F)c1C1=NCCCN1. The van der Waals surface area contributed by atoms with Gasteiger partial charge in [-0.2, -0.15) is 0 Å². The summed E-state index contributed by atoms with van der Waals surface area (Å²) in [7, 11) is 0. The van der Waals surface area contributed by atoms with Gasteiger partial charge >= 0.3 is 0 Å². The predicted octanol–water partition coefficient (Wildman–Crippen LogP) is 1.53. The summed E-state index contributed by atoms with van der Waals surface area (Å²) in [5, 5.41) is 12.7. The van der Waals surface area contributed by atoms with E-state index in [4.69, 9.17) is 0 Å². The Hall–Kier alpha value is -1.62. The second-order valence-electron chi connectivity index (χ2n) is 5.32. The Bertz CT molecular complexity index is 518. The van der Waals surface area contributed by atoms with E-state index in [9.17, 15) is 9.50 Å². The normalized spacial score (nSPS) is 22.6. The molecule has 1 aromatic rings. The summed E-state index contributed by atoms with van der Waals surface area (Å²) >= 11 is 0. The number of aliphatic imine (C=N–C) groups is 1. The Morgan fingerprint density at radius 1 is 1.40 bits per heavy atom. The van der Waals surface area contributed by atoms with Crippen LogP contribution in [0.25, 0.3) is 0 Å². The number of hydrogen-bond donors (Lipinski definition) is 2. The van der Waals surface area contributed by atoms with Crippen LogP contribution in [0.2, 0.25) is 0 Å². The van der Waals surface area contributed by atoms with Crippen molar-refractivity contribution in [1.82, 2.24) is 5.32 Å². The molecule has 0 saturated carbocycles. The number of nitrogens with zero attached hydrogens (tertiary/aromatic N) is 2. The second kappa shape index (κ2) is 5.79. The number of benzene rings is 1. The Morgan fingerprint density at radius 3 is 3.05 bits per heavy atom. The van der Waals surface area contributed by atoms with Crippen LogP contribution in [0.15, 0.2) is 23.2 Å². The molecular weight excluding hydrogens is 257 g/mol. The van der Waals surface area contributed by atoms with Crippen LogP contribution in [0.5, 0.6) is 0 Å². The first kappa shape index (κ1) is 13.4. The van der Waals surface area contributed by atoms with E-state index in [1.807, 2.05) is 6.07 Å². The molecule has 2 N–H and O–H groups in total. The maximum atomic E-state index is 14.3. The van der Waals surface area contributed by atoms with Crippen LogP contribution in [0.3, 0.4) is 0 Å². The monoisotopic (exact) mass is 277 g/mol. The lowest BCUT2D eigenvalue weighted by molar-refractivity contribution is 0.266. The molecule has 2 aliphatic heterocycles. The number of rotatable bonds is 3. The Labute approximate surface area is 118 Å². The van der Waals surface area contributed by atoms with Crippen LogP contribution >= 0.6 is 0 Å². The molecule has 1 unspecified atom stereocenters. The number of anilines is 1. The third-order valence-corrected chi connectivity index (χ3v) is 4.02. The molecule has 0 aliphatic carbocycles. The Kier molecular flexibility index (Phi) is 3.87. The van der Waals surface area contributed by atoms with E-state index in [2.05, 4.69) is 15.2 Å². The van der Waals surface area contributed by atoms with Gasteiger partial charge in [0.05, 0.1) is 23.9 Å². The molecule has 4 nitrogen and oxygen atoms in total. The van der Waals surface area contributed by atoms with Gasteiger partial charge in [-0.05, 0) is 31.4 Å². The summed E-state index contributed by atoms with van der Waals surface area (Å²) in [6, 6.07) is 5.21. The van der Waals surface area contributed by atoms with E-state index in [-0.39, 0.29) is 18.5 Å². The minimum absolute atomic E-state index is 0.0831. The second-order valence-corrected chi connectivity index (χ2v) is 5.32. The van der Waals surface area contributed by atoms with Gasteiger partial charge in [-0.15, -0.1) is 0 Å². The molecule has 1 aromatic carbocycles. The fraction of sp³-hybridized carbons (Fsp3) is 0.533.